The Kier molecular flexibility index (Phi) is 4.51. The fourth-order valence-electron chi connectivity index (χ4n) is 5.29. The quantitative estimate of drug-likeness (QED) is 0.769. The maximum atomic E-state index is 12.9. The minimum absolute atomic E-state index is 0.0316. The Labute approximate surface area is 161 Å². The monoisotopic (exact) mass is 373 g/mol. The van der Waals surface area contributed by atoms with E-state index in [9.17, 15) is 9.90 Å². The first-order chi connectivity index (χ1) is 12.9. The van der Waals surface area contributed by atoms with Crippen molar-refractivity contribution in [3.05, 3.63) is 23.3 Å². The van der Waals surface area contributed by atoms with Crippen LogP contribution in [0.1, 0.15) is 57.6 Å². The zero-order valence-electron chi connectivity index (χ0n) is 16.8. The summed E-state index contributed by atoms with van der Waals surface area (Å²) in [6.45, 7) is 6.72. The molecule has 4 rings (SSSR count). The maximum Gasteiger partial charge on any atom is 0.174 e. The van der Waals surface area contributed by atoms with Gasteiger partial charge in [-0.3, -0.25) is 4.79 Å². The summed E-state index contributed by atoms with van der Waals surface area (Å²) < 4.78 is 11.8. The Bertz CT molecular complexity index is 755. The lowest BCUT2D eigenvalue weighted by Gasteiger charge is -2.52. The van der Waals surface area contributed by atoms with Gasteiger partial charge >= 0.3 is 0 Å². The molecule has 2 N–H and O–H groups in total. The van der Waals surface area contributed by atoms with Crippen molar-refractivity contribution in [3.8, 4) is 11.5 Å². The number of Topliss-reactive ketones (excluding diaryl/α,β-unsaturated/α-hetero) is 1. The highest BCUT2D eigenvalue weighted by atomic mass is 16.5. The third-order valence-electron chi connectivity index (χ3n) is 7.11. The van der Waals surface area contributed by atoms with Gasteiger partial charge in [-0.15, -0.1) is 0 Å². The van der Waals surface area contributed by atoms with Crippen LogP contribution in [-0.4, -0.2) is 42.3 Å². The standard InChI is InChI=1S/C22H31NO4/c1-5-15(24)20-22(6-2)18-14(9-10-16(26-4)19(18)27-20)11-17(21(22,3)25)23-12-13-7-8-13/h9-10,13,17,20,23,25H,5-8,11-12H2,1-4H3. The highest BCUT2D eigenvalue weighted by molar-refractivity contribution is 5.88. The second-order valence-corrected chi connectivity index (χ2v) is 8.53. The predicted molar refractivity (Wildman–Crippen MR) is 104 cm³/mol. The van der Waals surface area contributed by atoms with Crippen molar-refractivity contribution in [1.82, 2.24) is 5.32 Å². The van der Waals surface area contributed by atoms with Gasteiger partial charge < -0.3 is 19.9 Å². The molecular weight excluding hydrogens is 342 g/mol. The Morgan fingerprint density at radius 1 is 1.37 bits per heavy atom. The molecule has 0 bridgehead atoms. The van der Waals surface area contributed by atoms with E-state index in [2.05, 4.69) is 18.3 Å². The Morgan fingerprint density at radius 2 is 2.11 bits per heavy atom. The van der Waals surface area contributed by atoms with Gasteiger partial charge in [0.2, 0.25) is 0 Å². The summed E-state index contributed by atoms with van der Waals surface area (Å²) in [4.78, 5) is 12.9. The first kappa shape index (κ1) is 18.8. The van der Waals surface area contributed by atoms with Crippen LogP contribution in [0.5, 0.6) is 11.5 Å². The molecule has 4 unspecified atom stereocenters. The van der Waals surface area contributed by atoms with Gasteiger partial charge in [-0.25, -0.2) is 0 Å². The molecule has 5 heteroatoms. The number of hydrogen-bond acceptors (Lipinski definition) is 5. The lowest BCUT2D eigenvalue weighted by molar-refractivity contribution is -0.139. The van der Waals surface area contributed by atoms with E-state index in [4.69, 9.17) is 9.47 Å². The lowest BCUT2D eigenvalue weighted by Crippen LogP contribution is -2.69. The molecule has 148 valence electrons. The Hall–Kier alpha value is -1.59. The fraction of sp³-hybridized carbons (Fsp3) is 0.682. The zero-order chi connectivity index (χ0) is 19.4. The minimum Gasteiger partial charge on any atom is -0.493 e. The van der Waals surface area contributed by atoms with Crippen LogP contribution in [0.2, 0.25) is 0 Å². The molecule has 1 fully saturated rings. The molecule has 1 saturated carbocycles. The van der Waals surface area contributed by atoms with E-state index < -0.39 is 17.1 Å². The molecule has 0 spiro atoms. The van der Waals surface area contributed by atoms with Gasteiger partial charge in [-0.1, -0.05) is 19.9 Å². The number of hydrogen-bond donors (Lipinski definition) is 2. The molecule has 1 heterocycles. The summed E-state index contributed by atoms with van der Waals surface area (Å²) in [6.07, 6.45) is 3.58. The van der Waals surface area contributed by atoms with Crippen LogP contribution in [-0.2, 0) is 16.6 Å². The number of rotatable bonds is 7. The molecule has 0 saturated heterocycles. The van der Waals surface area contributed by atoms with Gasteiger partial charge in [0.25, 0.3) is 0 Å². The van der Waals surface area contributed by atoms with E-state index in [0.717, 1.165) is 30.0 Å². The normalized spacial score (nSPS) is 34.1. The van der Waals surface area contributed by atoms with Crippen LogP contribution in [0.25, 0.3) is 0 Å². The molecular formula is C22H31NO4. The average Bonchev–Trinajstić information content (AvgIpc) is 3.42. The smallest absolute Gasteiger partial charge is 0.174 e. The van der Waals surface area contributed by atoms with E-state index in [0.29, 0.717) is 24.3 Å². The summed E-state index contributed by atoms with van der Waals surface area (Å²) in [5.41, 5.74) is 0.264. The van der Waals surface area contributed by atoms with E-state index in [-0.39, 0.29) is 11.8 Å². The molecule has 5 nitrogen and oxygen atoms in total. The summed E-state index contributed by atoms with van der Waals surface area (Å²) in [6, 6.07) is 3.89. The summed E-state index contributed by atoms with van der Waals surface area (Å²) in [5, 5.41) is 15.5. The molecule has 1 aromatic carbocycles. The van der Waals surface area contributed by atoms with Crippen molar-refractivity contribution in [2.24, 2.45) is 5.92 Å². The van der Waals surface area contributed by atoms with Crippen molar-refractivity contribution in [1.29, 1.82) is 0 Å². The first-order valence-corrected chi connectivity index (χ1v) is 10.3. The molecule has 1 aromatic rings. The highest BCUT2D eigenvalue weighted by Gasteiger charge is 2.66. The maximum absolute atomic E-state index is 12.9. The van der Waals surface area contributed by atoms with Crippen molar-refractivity contribution in [2.75, 3.05) is 13.7 Å². The van der Waals surface area contributed by atoms with E-state index in [1.54, 1.807) is 7.11 Å². The second-order valence-electron chi connectivity index (χ2n) is 8.53. The van der Waals surface area contributed by atoms with Gasteiger partial charge in [-0.2, -0.15) is 0 Å². The number of methoxy groups -OCH3 is 1. The molecule has 27 heavy (non-hydrogen) atoms. The third-order valence-corrected chi connectivity index (χ3v) is 7.11. The van der Waals surface area contributed by atoms with E-state index in [1.165, 1.54) is 12.8 Å². The van der Waals surface area contributed by atoms with Crippen molar-refractivity contribution >= 4 is 5.78 Å². The number of ether oxygens (including phenoxy) is 2. The highest BCUT2D eigenvalue weighted by Crippen LogP contribution is 2.59. The molecule has 0 amide bonds. The Morgan fingerprint density at radius 3 is 2.70 bits per heavy atom. The Balaban J connectivity index is 1.87. The van der Waals surface area contributed by atoms with E-state index in [1.807, 2.05) is 19.9 Å². The molecule has 0 aromatic heterocycles. The zero-order valence-corrected chi connectivity index (χ0v) is 16.8. The number of benzene rings is 1. The second kappa shape index (κ2) is 6.49. The van der Waals surface area contributed by atoms with Crippen LogP contribution >= 0.6 is 0 Å². The third kappa shape index (κ3) is 2.54. The summed E-state index contributed by atoms with van der Waals surface area (Å²) in [5.74, 6) is 2.03. The van der Waals surface area contributed by atoms with E-state index >= 15 is 0 Å². The van der Waals surface area contributed by atoms with Crippen molar-refractivity contribution < 1.29 is 19.4 Å². The molecule has 3 aliphatic rings. The van der Waals surface area contributed by atoms with Crippen LogP contribution < -0.4 is 14.8 Å². The van der Waals surface area contributed by atoms with Crippen LogP contribution in [0.3, 0.4) is 0 Å². The molecule has 2 aliphatic carbocycles. The van der Waals surface area contributed by atoms with Crippen molar-refractivity contribution in [2.45, 2.75) is 76.0 Å². The van der Waals surface area contributed by atoms with Crippen LogP contribution in [0.15, 0.2) is 12.1 Å². The molecule has 4 atom stereocenters. The first-order valence-electron chi connectivity index (χ1n) is 10.3. The molecule has 0 radical (unpaired) electrons. The average molecular weight is 373 g/mol. The van der Waals surface area contributed by atoms with Gasteiger partial charge in [0.1, 0.15) is 0 Å². The number of nitrogens with one attached hydrogen (secondary N) is 1. The SMILES string of the molecule is CCC(=O)C1Oc2c(OC)ccc3c2C1(CC)C(C)(O)C(NCC1CC1)C3. The topological polar surface area (TPSA) is 67.8 Å². The predicted octanol–water partition coefficient (Wildman–Crippen LogP) is 2.76. The number of aliphatic hydroxyl groups is 1. The fourth-order valence-corrected chi connectivity index (χ4v) is 5.29. The van der Waals surface area contributed by atoms with Crippen LogP contribution in [0, 0.1) is 5.92 Å². The van der Waals surface area contributed by atoms with Gasteiger partial charge in [-0.05, 0) is 56.7 Å². The summed E-state index contributed by atoms with van der Waals surface area (Å²) in [7, 11) is 1.62. The van der Waals surface area contributed by atoms with Gasteiger partial charge in [0.15, 0.2) is 23.4 Å². The lowest BCUT2D eigenvalue weighted by atomic mass is 9.55. The van der Waals surface area contributed by atoms with Crippen LogP contribution in [0.4, 0.5) is 0 Å². The largest absolute Gasteiger partial charge is 0.493 e. The minimum atomic E-state index is -1.10. The summed E-state index contributed by atoms with van der Waals surface area (Å²) >= 11 is 0. The van der Waals surface area contributed by atoms with Gasteiger partial charge in [0, 0.05) is 18.0 Å². The van der Waals surface area contributed by atoms with Crippen molar-refractivity contribution in [3.63, 3.8) is 0 Å². The molecule has 1 aliphatic heterocycles. The number of ketones is 1. The number of carbonyl (C=O) groups excluding carboxylic acids is 1. The number of carbonyl (C=O) groups is 1. The van der Waals surface area contributed by atoms with Gasteiger partial charge in [0.05, 0.1) is 18.1 Å².